The molecule has 0 aromatic carbocycles. The van der Waals surface area contributed by atoms with Gasteiger partial charge in [-0.3, -0.25) is 9.63 Å². The molecule has 110 valence electrons. The molecular formula is C12H16N2O6. The van der Waals surface area contributed by atoms with Crippen molar-refractivity contribution in [1.29, 1.82) is 0 Å². The molecule has 0 bridgehead atoms. The quantitative estimate of drug-likeness (QED) is 0.448. The minimum Gasteiger partial charge on any atom is -0.464 e. The Morgan fingerprint density at radius 2 is 2.20 bits per heavy atom. The van der Waals surface area contributed by atoms with Crippen LogP contribution >= 0.6 is 0 Å². The Balaban J connectivity index is 2.68. The van der Waals surface area contributed by atoms with Crippen LogP contribution in [-0.4, -0.2) is 37.9 Å². The van der Waals surface area contributed by atoms with Gasteiger partial charge in [0.15, 0.2) is 5.76 Å². The number of methoxy groups -OCH3 is 1. The number of nitrogens with one attached hydrogen (secondary N) is 1. The van der Waals surface area contributed by atoms with Gasteiger partial charge < -0.3 is 14.0 Å². The van der Waals surface area contributed by atoms with Gasteiger partial charge in [0.25, 0.3) is 0 Å². The lowest BCUT2D eigenvalue weighted by Crippen LogP contribution is -2.26. The summed E-state index contributed by atoms with van der Waals surface area (Å²) in [6.07, 6.45) is 0.854. The van der Waals surface area contributed by atoms with E-state index in [4.69, 9.17) is 9.25 Å². The zero-order valence-electron chi connectivity index (χ0n) is 11.4. The molecule has 1 aromatic rings. The van der Waals surface area contributed by atoms with Gasteiger partial charge in [-0.15, -0.1) is 0 Å². The summed E-state index contributed by atoms with van der Waals surface area (Å²) >= 11 is 0. The van der Waals surface area contributed by atoms with Gasteiger partial charge in [-0.2, -0.15) is 0 Å². The van der Waals surface area contributed by atoms with Crippen LogP contribution in [0.5, 0.6) is 0 Å². The first-order valence-corrected chi connectivity index (χ1v) is 5.76. The van der Waals surface area contributed by atoms with Crippen molar-refractivity contribution in [1.82, 2.24) is 5.48 Å². The second-order valence-electron chi connectivity index (χ2n) is 3.76. The molecule has 1 unspecified atom stereocenters. The van der Waals surface area contributed by atoms with Crippen molar-refractivity contribution in [2.75, 3.05) is 14.2 Å². The number of rotatable bonds is 7. The molecule has 8 nitrogen and oxygen atoms in total. The molecule has 0 aliphatic rings. The summed E-state index contributed by atoms with van der Waals surface area (Å²) in [6.45, 7) is 1.62. The fraction of sp³-hybridized carbons (Fsp3) is 0.417. The second kappa shape index (κ2) is 7.95. The van der Waals surface area contributed by atoms with E-state index in [1.54, 1.807) is 19.1 Å². The Morgan fingerprint density at radius 1 is 1.45 bits per heavy atom. The Bertz CT molecular complexity index is 468. The Kier molecular flexibility index (Phi) is 6.24. The maximum absolute atomic E-state index is 11.6. The lowest BCUT2D eigenvalue weighted by Gasteiger charge is -2.09. The summed E-state index contributed by atoms with van der Waals surface area (Å²) in [5.74, 6) is -0.855. The summed E-state index contributed by atoms with van der Waals surface area (Å²) in [6, 6.07) is 3.14. The Hall–Kier alpha value is -2.35. The van der Waals surface area contributed by atoms with Crippen LogP contribution in [0.15, 0.2) is 28.0 Å². The average Bonchev–Trinajstić information content (AvgIpc) is 2.92. The molecule has 1 N–H and O–H groups in total. The van der Waals surface area contributed by atoms with Gasteiger partial charge in [-0.05, 0) is 19.1 Å². The highest BCUT2D eigenvalue weighted by atomic mass is 16.6. The predicted molar refractivity (Wildman–Crippen MR) is 67.6 cm³/mol. The number of ether oxygens (including phenoxy) is 1. The van der Waals surface area contributed by atoms with Crippen LogP contribution in [-0.2, 0) is 24.0 Å². The number of nitrogens with zero attached hydrogens (tertiary/aromatic N) is 1. The number of amides is 1. The summed E-state index contributed by atoms with van der Waals surface area (Å²) in [5, 5.41) is 3.68. The number of hydroxylamine groups is 1. The fourth-order valence-electron chi connectivity index (χ4n) is 1.29. The van der Waals surface area contributed by atoms with Crippen molar-refractivity contribution in [2.45, 2.75) is 19.4 Å². The third-order valence-electron chi connectivity index (χ3n) is 2.15. The molecule has 0 fully saturated rings. The zero-order valence-corrected chi connectivity index (χ0v) is 11.4. The molecule has 0 radical (unpaired) electrons. The Labute approximate surface area is 115 Å². The first kappa shape index (κ1) is 15.7. The lowest BCUT2D eigenvalue weighted by atomic mass is 10.3. The number of esters is 1. The summed E-state index contributed by atoms with van der Waals surface area (Å²) in [7, 11) is 2.55. The highest BCUT2D eigenvalue weighted by Crippen LogP contribution is 2.06. The molecule has 20 heavy (non-hydrogen) atoms. The van der Waals surface area contributed by atoms with Crippen molar-refractivity contribution >= 4 is 17.6 Å². The number of furan rings is 1. The first-order valence-electron chi connectivity index (χ1n) is 5.76. The standard InChI is InChI=1S/C12H16N2O6/c1-8(7-10(15)13-18-3)20-14-11(12(16)17-2)9-5-4-6-19-9/h4-6,8H,7H2,1-3H3,(H,13,15). The zero-order chi connectivity index (χ0) is 15.0. The number of carbonyl (C=O) groups is 2. The van der Waals surface area contributed by atoms with Crippen LogP contribution in [0, 0.1) is 0 Å². The van der Waals surface area contributed by atoms with E-state index in [2.05, 4.69) is 20.2 Å². The number of oxime groups is 1. The molecule has 1 heterocycles. The molecule has 1 amide bonds. The molecular weight excluding hydrogens is 268 g/mol. The largest absolute Gasteiger partial charge is 0.464 e. The van der Waals surface area contributed by atoms with Gasteiger partial charge in [0.2, 0.25) is 11.6 Å². The minimum absolute atomic E-state index is 0.0178. The topological polar surface area (TPSA) is 99.4 Å². The minimum atomic E-state index is -0.700. The van der Waals surface area contributed by atoms with Crippen LogP contribution in [0.25, 0.3) is 0 Å². The van der Waals surface area contributed by atoms with E-state index in [1.165, 1.54) is 20.5 Å². The Morgan fingerprint density at radius 3 is 2.75 bits per heavy atom. The van der Waals surface area contributed by atoms with Crippen molar-refractivity contribution in [3.8, 4) is 0 Å². The summed E-state index contributed by atoms with van der Waals surface area (Å²) in [5.41, 5.74) is 2.03. The van der Waals surface area contributed by atoms with Crippen molar-refractivity contribution in [3.05, 3.63) is 24.2 Å². The number of hydrogen-bond donors (Lipinski definition) is 1. The van der Waals surface area contributed by atoms with Gasteiger partial charge >= 0.3 is 5.97 Å². The van der Waals surface area contributed by atoms with E-state index in [9.17, 15) is 9.59 Å². The maximum Gasteiger partial charge on any atom is 0.364 e. The summed E-state index contributed by atoms with van der Waals surface area (Å²) in [4.78, 5) is 32.3. The van der Waals surface area contributed by atoms with E-state index in [1.807, 2.05) is 0 Å². The van der Waals surface area contributed by atoms with Gasteiger partial charge in [0.05, 0.1) is 26.9 Å². The van der Waals surface area contributed by atoms with E-state index in [-0.39, 0.29) is 23.8 Å². The average molecular weight is 284 g/mol. The van der Waals surface area contributed by atoms with Gasteiger partial charge in [0, 0.05) is 0 Å². The van der Waals surface area contributed by atoms with Crippen molar-refractivity contribution in [2.24, 2.45) is 5.16 Å². The third kappa shape index (κ3) is 4.73. The first-order chi connectivity index (χ1) is 9.58. The third-order valence-corrected chi connectivity index (χ3v) is 2.15. The van der Waals surface area contributed by atoms with Crippen molar-refractivity contribution < 1.29 is 28.4 Å². The van der Waals surface area contributed by atoms with Crippen LogP contribution in [0.3, 0.4) is 0 Å². The molecule has 0 saturated heterocycles. The lowest BCUT2D eigenvalue weighted by molar-refractivity contribution is -0.134. The van der Waals surface area contributed by atoms with Crippen molar-refractivity contribution in [3.63, 3.8) is 0 Å². The number of carbonyl (C=O) groups excluding carboxylic acids is 2. The van der Waals surface area contributed by atoms with E-state index in [0.717, 1.165) is 0 Å². The molecule has 8 heteroatoms. The highest BCUT2D eigenvalue weighted by Gasteiger charge is 2.19. The molecule has 0 saturated carbocycles. The molecule has 0 spiro atoms. The molecule has 0 aliphatic carbocycles. The maximum atomic E-state index is 11.6. The van der Waals surface area contributed by atoms with Crippen LogP contribution in [0.2, 0.25) is 0 Å². The van der Waals surface area contributed by atoms with Crippen LogP contribution < -0.4 is 5.48 Å². The van der Waals surface area contributed by atoms with E-state index < -0.39 is 12.1 Å². The molecule has 1 atom stereocenters. The normalized spacial score (nSPS) is 12.7. The molecule has 1 aromatic heterocycles. The highest BCUT2D eigenvalue weighted by molar-refractivity contribution is 6.42. The van der Waals surface area contributed by atoms with Gasteiger partial charge in [-0.1, -0.05) is 5.16 Å². The number of hydrogen-bond acceptors (Lipinski definition) is 7. The fourth-order valence-corrected chi connectivity index (χ4v) is 1.29. The summed E-state index contributed by atoms with van der Waals surface area (Å²) < 4.78 is 9.64. The molecule has 0 aliphatic heterocycles. The molecule has 1 rings (SSSR count). The van der Waals surface area contributed by atoms with Crippen LogP contribution in [0.1, 0.15) is 19.1 Å². The van der Waals surface area contributed by atoms with Gasteiger partial charge in [0.1, 0.15) is 6.10 Å². The SMILES string of the molecule is CONC(=O)CC(C)ON=C(C(=O)OC)c1ccco1. The predicted octanol–water partition coefficient (Wildman–Crippen LogP) is 0.629. The second-order valence-corrected chi connectivity index (χ2v) is 3.76. The van der Waals surface area contributed by atoms with Crippen LogP contribution in [0.4, 0.5) is 0 Å². The van der Waals surface area contributed by atoms with Gasteiger partial charge in [-0.25, -0.2) is 10.3 Å². The monoisotopic (exact) mass is 284 g/mol. The van der Waals surface area contributed by atoms with E-state index >= 15 is 0 Å². The smallest absolute Gasteiger partial charge is 0.364 e. The van der Waals surface area contributed by atoms with E-state index in [0.29, 0.717) is 0 Å².